The molecule has 0 bridgehead atoms. The van der Waals surface area contributed by atoms with Gasteiger partial charge < -0.3 is 15.0 Å². The smallest absolute Gasteiger partial charge is 0.266 e. The van der Waals surface area contributed by atoms with Gasteiger partial charge in [-0.15, -0.1) is 0 Å². The molecule has 128 valence electrons. The second kappa shape index (κ2) is 7.00. The van der Waals surface area contributed by atoms with Gasteiger partial charge in [-0.2, -0.15) is 0 Å². The minimum Gasteiger partial charge on any atom is -0.379 e. The molecule has 1 aliphatic heterocycles. The summed E-state index contributed by atoms with van der Waals surface area (Å²) in [7, 11) is -0.475. The zero-order valence-electron chi connectivity index (χ0n) is 12.7. The van der Waals surface area contributed by atoms with Crippen molar-refractivity contribution in [3.05, 3.63) is 33.2 Å². The van der Waals surface area contributed by atoms with Gasteiger partial charge in [0.1, 0.15) is 5.02 Å². The number of pyridine rings is 1. The first-order chi connectivity index (χ1) is 10.7. The molecule has 1 aliphatic rings. The van der Waals surface area contributed by atoms with Crippen molar-refractivity contribution in [3.8, 4) is 0 Å². The Kier molecular flexibility index (Phi) is 5.45. The third-order valence-corrected chi connectivity index (χ3v) is 5.86. The van der Waals surface area contributed by atoms with Crippen molar-refractivity contribution >= 4 is 27.5 Å². The topological polar surface area (TPSA) is 109 Å². The Morgan fingerprint density at radius 1 is 1.48 bits per heavy atom. The van der Waals surface area contributed by atoms with E-state index in [1.807, 2.05) is 0 Å². The van der Waals surface area contributed by atoms with Crippen molar-refractivity contribution in [2.24, 2.45) is 5.92 Å². The van der Waals surface area contributed by atoms with Crippen molar-refractivity contribution in [2.45, 2.75) is 6.04 Å². The highest BCUT2D eigenvalue weighted by Crippen LogP contribution is 2.18. The fourth-order valence-corrected chi connectivity index (χ4v) is 3.52. The Hall–Kier alpha value is -1.42. The lowest BCUT2D eigenvalue weighted by atomic mass is 10.1. The number of hydrogen-bond donors (Lipinski definition) is 2. The molecular weight excluding hydrogens is 346 g/mol. The Morgan fingerprint density at radius 3 is 2.78 bits per heavy atom. The summed E-state index contributed by atoms with van der Waals surface area (Å²) in [5.74, 6) is -0.910. The van der Waals surface area contributed by atoms with Crippen molar-refractivity contribution in [1.29, 1.82) is 0 Å². The zero-order valence-corrected chi connectivity index (χ0v) is 14.3. The molecule has 2 N–H and O–H groups in total. The molecule has 23 heavy (non-hydrogen) atoms. The number of carbonyl (C=O) groups excluding carboxylic acids is 1. The van der Waals surface area contributed by atoms with E-state index < -0.39 is 27.5 Å². The Bertz CT molecular complexity index is 746. The average molecular weight is 364 g/mol. The van der Waals surface area contributed by atoms with Crippen LogP contribution in [0.3, 0.4) is 0 Å². The number of H-pyrrole nitrogens is 1. The first-order valence-corrected chi connectivity index (χ1v) is 8.86. The molecule has 0 aromatic carbocycles. The molecule has 2 rings (SSSR count). The molecule has 0 radical (unpaired) electrons. The van der Waals surface area contributed by atoms with E-state index in [1.54, 1.807) is 0 Å². The fourth-order valence-electron chi connectivity index (χ4n) is 2.18. The third-order valence-electron chi connectivity index (χ3n) is 3.62. The van der Waals surface area contributed by atoms with Crippen LogP contribution in [-0.4, -0.2) is 62.7 Å². The van der Waals surface area contributed by atoms with E-state index in [-0.39, 0.29) is 35.5 Å². The molecule has 0 spiro atoms. The molecule has 1 aromatic heterocycles. The summed E-state index contributed by atoms with van der Waals surface area (Å²) >= 11 is 5.69. The van der Waals surface area contributed by atoms with E-state index in [1.165, 1.54) is 26.4 Å². The number of hydrogen-bond acceptors (Lipinski definition) is 5. The number of aromatic nitrogens is 1. The zero-order chi connectivity index (χ0) is 17.2. The highest BCUT2D eigenvalue weighted by Gasteiger charge is 2.34. The van der Waals surface area contributed by atoms with Crippen molar-refractivity contribution < 1.29 is 17.9 Å². The van der Waals surface area contributed by atoms with Crippen LogP contribution in [0.2, 0.25) is 5.02 Å². The van der Waals surface area contributed by atoms with Gasteiger partial charge in [0.25, 0.3) is 11.5 Å². The third kappa shape index (κ3) is 4.31. The standard InChI is InChI=1S/C13H18ClN3O5S/c1-17(2)23(20,21)7-9-5-22-6-11(9)16-12(18)8-3-10(14)13(19)15-4-8/h3-4,9,11H,5-7H2,1-2H3,(H,15,19)(H,16,18)/t9-,11+/m0/s1. The van der Waals surface area contributed by atoms with Crippen LogP contribution in [0.1, 0.15) is 10.4 Å². The van der Waals surface area contributed by atoms with Crippen LogP contribution in [0.4, 0.5) is 0 Å². The molecule has 2 atom stereocenters. The minimum absolute atomic E-state index is 0.0907. The fraction of sp³-hybridized carbons (Fsp3) is 0.538. The maximum atomic E-state index is 12.2. The van der Waals surface area contributed by atoms with E-state index in [4.69, 9.17) is 16.3 Å². The molecule has 2 heterocycles. The van der Waals surface area contributed by atoms with Crippen LogP contribution in [0.5, 0.6) is 0 Å². The molecular formula is C13H18ClN3O5S. The molecule has 1 aromatic rings. The molecule has 1 fully saturated rings. The lowest BCUT2D eigenvalue weighted by Gasteiger charge is -2.21. The number of nitrogens with zero attached hydrogens (tertiary/aromatic N) is 1. The van der Waals surface area contributed by atoms with Gasteiger partial charge in [-0.3, -0.25) is 9.59 Å². The molecule has 0 aliphatic carbocycles. The monoisotopic (exact) mass is 363 g/mol. The van der Waals surface area contributed by atoms with Crippen LogP contribution < -0.4 is 10.9 Å². The quantitative estimate of drug-likeness (QED) is 0.744. The number of amides is 1. The SMILES string of the molecule is CN(C)S(=O)(=O)C[C@@H]1COC[C@H]1NC(=O)c1c[nH]c(=O)c(Cl)c1. The number of ether oxygens (including phenoxy) is 1. The summed E-state index contributed by atoms with van der Waals surface area (Å²) < 4.78 is 30.4. The van der Waals surface area contributed by atoms with Gasteiger partial charge in [0, 0.05) is 26.2 Å². The predicted molar refractivity (Wildman–Crippen MR) is 85.1 cm³/mol. The van der Waals surface area contributed by atoms with Crippen LogP contribution in [-0.2, 0) is 14.8 Å². The molecule has 0 saturated carbocycles. The molecule has 10 heteroatoms. The summed E-state index contributed by atoms with van der Waals surface area (Å²) in [4.78, 5) is 25.8. The maximum Gasteiger partial charge on any atom is 0.266 e. The van der Waals surface area contributed by atoms with Gasteiger partial charge in [-0.05, 0) is 6.07 Å². The first-order valence-electron chi connectivity index (χ1n) is 6.88. The number of rotatable bonds is 5. The van der Waals surface area contributed by atoms with Crippen LogP contribution in [0, 0.1) is 5.92 Å². The van der Waals surface area contributed by atoms with E-state index in [0.29, 0.717) is 0 Å². The Morgan fingerprint density at radius 2 is 2.17 bits per heavy atom. The van der Waals surface area contributed by atoms with Crippen LogP contribution in [0.25, 0.3) is 0 Å². The Labute approximate surface area is 138 Å². The number of aromatic amines is 1. The van der Waals surface area contributed by atoms with E-state index in [9.17, 15) is 18.0 Å². The lowest BCUT2D eigenvalue weighted by Crippen LogP contribution is -2.43. The molecule has 1 saturated heterocycles. The largest absolute Gasteiger partial charge is 0.379 e. The normalized spacial score (nSPS) is 21.6. The summed E-state index contributed by atoms with van der Waals surface area (Å²) in [6, 6.07) is 0.833. The lowest BCUT2D eigenvalue weighted by molar-refractivity contribution is 0.0925. The predicted octanol–water partition coefficient (Wildman–Crippen LogP) is -0.335. The molecule has 8 nitrogen and oxygen atoms in total. The summed E-state index contributed by atoms with van der Waals surface area (Å²) in [5.41, 5.74) is -0.293. The highest BCUT2D eigenvalue weighted by molar-refractivity contribution is 7.89. The van der Waals surface area contributed by atoms with Gasteiger partial charge in [-0.1, -0.05) is 11.6 Å². The number of carbonyl (C=O) groups is 1. The van der Waals surface area contributed by atoms with Gasteiger partial charge in [-0.25, -0.2) is 12.7 Å². The maximum absolute atomic E-state index is 12.2. The van der Waals surface area contributed by atoms with Gasteiger partial charge in [0.2, 0.25) is 10.0 Å². The summed E-state index contributed by atoms with van der Waals surface area (Å²) in [5, 5.41) is 2.64. The van der Waals surface area contributed by atoms with Crippen LogP contribution in [0.15, 0.2) is 17.1 Å². The Balaban J connectivity index is 2.07. The second-order valence-corrected chi connectivity index (χ2v) is 8.14. The molecule has 1 amide bonds. The van der Waals surface area contributed by atoms with Crippen molar-refractivity contribution in [2.75, 3.05) is 33.1 Å². The van der Waals surface area contributed by atoms with Crippen LogP contribution >= 0.6 is 11.6 Å². The number of nitrogens with one attached hydrogen (secondary N) is 2. The van der Waals surface area contributed by atoms with Crippen molar-refractivity contribution in [3.63, 3.8) is 0 Å². The van der Waals surface area contributed by atoms with E-state index in [0.717, 1.165) is 4.31 Å². The van der Waals surface area contributed by atoms with E-state index in [2.05, 4.69) is 10.3 Å². The average Bonchev–Trinajstić information content (AvgIpc) is 2.88. The summed E-state index contributed by atoms with van der Waals surface area (Å²) in [6.07, 6.45) is 1.25. The van der Waals surface area contributed by atoms with Gasteiger partial charge >= 0.3 is 0 Å². The number of halogens is 1. The van der Waals surface area contributed by atoms with E-state index >= 15 is 0 Å². The highest BCUT2D eigenvalue weighted by atomic mass is 35.5. The van der Waals surface area contributed by atoms with Crippen molar-refractivity contribution in [1.82, 2.24) is 14.6 Å². The molecule has 0 unspecified atom stereocenters. The number of sulfonamides is 1. The summed E-state index contributed by atoms with van der Waals surface area (Å²) in [6.45, 7) is 0.487. The van der Waals surface area contributed by atoms with Gasteiger partial charge in [0.15, 0.2) is 0 Å². The second-order valence-electron chi connectivity index (χ2n) is 5.50. The minimum atomic E-state index is -3.39. The van der Waals surface area contributed by atoms with Gasteiger partial charge in [0.05, 0.1) is 30.6 Å². The first kappa shape index (κ1) is 17.9.